The molecule has 3 aromatic carbocycles. The van der Waals surface area contributed by atoms with Gasteiger partial charge in [0.25, 0.3) is 0 Å². The number of fused-ring (bicyclic) bond motifs is 1. The quantitative estimate of drug-likeness (QED) is 0.334. The lowest BCUT2D eigenvalue weighted by molar-refractivity contribution is 0.0282. The van der Waals surface area contributed by atoms with Crippen molar-refractivity contribution in [3.05, 3.63) is 95.7 Å². The van der Waals surface area contributed by atoms with Gasteiger partial charge in [-0.25, -0.2) is 8.42 Å². The largest absolute Gasteiger partial charge is 0.497 e. The average molecular weight is 534 g/mol. The summed E-state index contributed by atoms with van der Waals surface area (Å²) in [6.45, 7) is 3.13. The van der Waals surface area contributed by atoms with Gasteiger partial charge in [0.1, 0.15) is 11.9 Å². The number of rotatable bonds is 8. The molecule has 0 amide bonds. The van der Waals surface area contributed by atoms with E-state index < -0.39 is 28.0 Å². The number of benzene rings is 3. The van der Waals surface area contributed by atoms with E-state index in [0.29, 0.717) is 24.4 Å². The van der Waals surface area contributed by atoms with E-state index in [1.165, 1.54) is 4.31 Å². The van der Waals surface area contributed by atoms with Gasteiger partial charge in [-0.05, 0) is 42.8 Å². The van der Waals surface area contributed by atoms with Gasteiger partial charge >= 0.3 is 0 Å². The molecule has 1 aliphatic rings. The minimum atomic E-state index is -3.64. The van der Waals surface area contributed by atoms with Gasteiger partial charge in [-0.1, -0.05) is 48.0 Å². The van der Waals surface area contributed by atoms with Crippen molar-refractivity contribution in [2.75, 3.05) is 33.3 Å². The number of methoxy groups -OCH3 is 1. The Morgan fingerprint density at radius 3 is 2.26 bits per heavy atom. The summed E-state index contributed by atoms with van der Waals surface area (Å²) in [5, 5.41) is 12.3. The second-order valence-electron chi connectivity index (χ2n) is 9.53. The van der Waals surface area contributed by atoms with Crippen molar-refractivity contribution >= 4 is 26.7 Å². The third kappa shape index (κ3) is 4.98. The lowest BCUT2D eigenvalue weighted by atomic mass is 9.93. The van der Waals surface area contributed by atoms with Crippen molar-refractivity contribution in [2.24, 2.45) is 0 Å². The molecule has 8 nitrogen and oxygen atoms in total. The number of carbonyl (C=O) groups excluding carboxylic acids is 1. The zero-order valence-electron chi connectivity index (χ0n) is 21.4. The number of Topliss-reactive ketones (excluding diaryl/α,β-unsaturated/α-hetero) is 1. The van der Waals surface area contributed by atoms with Crippen molar-refractivity contribution in [3.8, 4) is 5.75 Å². The number of piperazine rings is 1. The van der Waals surface area contributed by atoms with E-state index >= 15 is 0 Å². The van der Waals surface area contributed by atoms with Gasteiger partial charge in [0.05, 0.1) is 18.0 Å². The van der Waals surface area contributed by atoms with Crippen LogP contribution in [0.25, 0.3) is 10.9 Å². The van der Waals surface area contributed by atoms with E-state index in [2.05, 4.69) is 4.98 Å². The van der Waals surface area contributed by atoms with E-state index in [1.54, 1.807) is 49.7 Å². The molecular formula is C29H31N3O5S. The lowest BCUT2D eigenvalue weighted by Gasteiger charge is -2.40. The van der Waals surface area contributed by atoms with Crippen LogP contribution in [0, 0.1) is 6.92 Å². The minimum absolute atomic E-state index is 0.247. The molecule has 0 radical (unpaired) electrons. The number of aryl methyl sites for hydroxylation is 1. The molecule has 38 heavy (non-hydrogen) atoms. The Morgan fingerprint density at radius 1 is 0.947 bits per heavy atom. The highest BCUT2D eigenvalue weighted by Gasteiger charge is 2.37. The van der Waals surface area contributed by atoms with Crippen LogP contribution in [0.4, 0.5) is 0 Å². The third-order valence-corrected chi connectivity index (χ3v) is 9.12. The number of nitrogens with one attached hydrogen (secondary N) is 1. The molecule has 2 N–H and O–H groups in total. The van der Waals surface area contributed by atoms with Gasteiger partial charge in [0.15, 0.2) is 5.78 Å². The van der Waals surface area contributed by atoms with Crippen molar-refractivity contribution in [1.82, 2.24) is 14.2 Å². The molecule has 4 aromatic rings. The molecule has 1 fully saturated rings. The van der Waals surface area contributed by atoms with E-state index in [1.807, 2.05) is 48.2 Å². The number of aromatic amines is 1. The van der Waals surface area contributed by atoms with Gasteiger partial charge in [-0.15, -0.1) is 0 Å². The smallest absolute Gasteiger partial charge is 0.243 e. The van der Waals surface area contributed by atoms with Crippen molar-refractivity contribution in [2.45, 2.75) is 24.0 Å². The summed E-state index contributed by atoms with van der Waals surface area (Å²) < 4.78 is 33.2. The van der Waals surface area contributed by atoms with Gasteiger partial charge in [-0.3, -0.25) is 9.69 Å². The number of ketones is 1. The molecule has 0 spiro atoms. The number of nitrogens with zero attached hydrogens (tertiary/aromatic N) is 2. The first kappa shape index (κ1) is 26.1. The van der Waals surface area contributed by atoms with Crippen LogP contribution in [0.3, 0.4) is 0 Å². The molecule has 2 unspecified atom stereocenters. The highest BCUT2D eigenvalue weighted by Crippen LogP contribution is 2.31. The predicted molar refractivity (Wildman–Crippen MR) is 146 cm³/mol. The zero-order valence-corrected chi connectivity index (χ0v) is 22.2. The molecule has 1 aromatic heterocycles. The summed E-state index contributed by atoms with van der Waals surface area (Å²) >= 11 is 0. The molecule has 1 aliphatic heterocycles. The minimum Gasteiger partial charge on any atom is -0.497 e. The number of aromatic nitrogens is 1. The van der Waals surface area contributed by atoms with Gasteiger partial charge in [-0.2, -0.15) is 4.31 Å². The van der Waals surface area contributed by atoms with Gasteiger partial charge in [0.2, 0.25) is 10.0 Å². The predicted octanol–water partition coefficient (Wildman–Crippen LogP) is 3.78. The zero-order chi connectivity index (χ0) is 26.9. The Balaban J connectivity index is 1.41. The number of carbonyl (C=O) groups is 1. The highest BCUT2D eigenvalue weighted by molar-refractivity contribution is 7.89. The van der Waals surface area contributed by atoms with Crippen LogP contribution in [-0.4, -0.2) is 72.9 Å². The maximum atomic E-state index is 13.6. The molecular weight excluding hydrogens is 502 g/mol. The molecule has 5 rings (SSSR count). The number of aliphatic hydroxyl groups excluding tert-OH is 1. The summed E-state index contributed by atoms with van der Waals surface area (Å²) in [7, 11) is -2.06. The fraction of sp³-hybridized carbons (Fsp3) is 0.276. The lowest BCUT2D eigenvalue weighted by Crippen LogP contribution is -2.52. The summed E-state index contributed by atoms with van der Waals surface area (Å²) in [6, 6.07) is 20.9. The summed E-state index contributed by atoms with van der Waals surface area (Å²) in [6.07, 6.45) is 0.274. The van der Waals surface area contributed by atoms with Gasteiger partial charge in [0, 0.05) is 48.8 Å². The Kier molecular flexibility index (Phi) is 7.36. The number of hydrogen-bond acceptors (Lipinski definition) is 6. The fourth-order valence-electron chi connectivity index (χ4n) is 5.05. The number of ether oxygens (including phenoxy) is 1. The normalized spacial score (nSPS) is 16.8. The summed E-state index contributed by atoms with van der Waals surface area (Å²) in [5.74, 6) is 0.275. The second kappa shape index (κ2) is 10.7. The molecule has 0 aliphatic carbocycles. The standard InChI is InChI=1S/C29H31N3O5S/c1-20-7-13-23(14-8-20)38(35,36)32-17-15-31(16-18-32)27(21-9-11-22(37-2)12-10-21)29(34)28(33)25-19-30-26-6-4-3-5-24(25)26/h3-14,19,27,29-30,34H,15-18H2,1-2H3. The van der Waals surface area contributed by atoms with Crippen LogP contribution in [-0.2, 0) is 10.0 Å². The summed E-state index contributed by atoms with van der Waals surface area (Å²) in [5.41, 5.74) is 2.98. The monoisotopic (exact) mass is 533 g/mol. The third-order valence-electron chi connectivity index (χ3n) is 7.21. The van der Waals surface area contributed by atoms with E-state index in [0.717, 1.165) is 22.0 Å². The maximum Gasteiger partial charge on any atom is 0.243 e. The number of sulfonamides is 1. The molecule has 0 saturated carbocycles. The van der Waals surface area contributed by atoms with Crippen molar-refractivity contribution < 1.29 is 23.1 Å². The highest BCUT2D eigenvalue weighted by atomic mass is 32.2. The van der Waals surface area contributed by atoms with E-state index in [9.17, 15) is 18.3 Å². The van der Waals surface area contributed by atoms with E-state index in [4.69, 9.17) is 4.74 Å². The first-order valence-electron chi connectivity index (χ1n) is 12.5. The number of hydrogen-bond donors (Lipinski definition) is 2. The van der Waals surface area contributed by atoms with Crippen LogP contribution in [0.5, 0.6) is 5.75 Å². The molecule has 1 saturated heterocycles. The van der Waals surface area contributed by atoms with Crippen LogP contribution < -0.4 is 4.74 Å². The Bertz CT molecular complexity index is 1520. The molecule has 2 heterocycles. The van der Waals surface area contributed by atoms with Gasteiger partial charge < -0.3 is 14.8 Å². The average Bonchev–Trinajstić information content (AvgIpc) is 3.38. The number of H-pyrrole nitrogens is 1. The van der Waals surface area contributed by atoms with Crippen LogP contribution in [0.15, 0.2) is 83.9 Å². The number of para-hydroxylation sites is 1. The first-order valence-corrected chi connectivity index (χ1v) is 14.0. The molecule has 198 valence electrons. The maximum absolute atomic E-state index is 13.6. The first-order chi connectivity index (χ1) is 18.3. The van der Waals surface area contributed by atoms with Crippen LogP contribution in [0.2, 0.25) is 0 Å². The fourth-order valence-corrected chi connectivity index (χ4v) is 6.48. The Labute approximate surface area is 222 Å². The Hall–Kier alpha value is -3.50. The van der Waals surface area contributed by atoms with Crippen LogP contribution in [0.1, 0.15) is 27.5 Å². The molecule has 9 heteroatoms. The molecule has 2 atom stereocenters. The van der Waals surface area contributed by atoms with E-state index in [-0.39, 0.29) is 18.0 Å². The van der Waals surface area contributed by atoms with Crippen molar-refractivity contribution in [1.29, 1.82) is 0 Å². The topological polar surface area (TPSA) is 103 Å². The van der Waals surface area contributed by atoms with Crippen LogP contribution >= 0.6 is 0 Å². The molecule has 0 bridgehead atoms. The number of aliphatic hydroxyl groups is 1. The Morgan fingerprint density at radius 2 is 1.61 bits per heavy atom. The van der Waals surface area contributed by atoms with Crippen molar-refractivity contribution in [3.63, 3.8) is 0 Å². The second-order valence-corrected chi connectivity index (χ2v) is 11.5. The summed E-state index contributed by atoms with van der Waals surface area (Å²) in [4.78, 5) is 19.0. The SMILES string of the molecule is COc1ccc(C(C(O)C(=O)c2c[nH]c3ccccc23)N2CCN(S(=O)(=O)c3ccc(C)cc3)CC2)cc1.